The third kappa shape index (κ3) is 4.32. The van der Waals surface area contributed by atoms with E-state index in [1.54, 1.807) is 12.1 Å². The summed E-state index contributed by atoms with van der Waals surface area (Å²) < 4.78 is 0. The number of ketones is 2. The van der Waals surface area contributed by atoms with Gasteiger partial charge in [-0.1, -0.05) is 42.5 Å². The maximum Gasteiger partial charge on any atom is 0.255 e. The quantitative estimate of drug-likeness (QED) is 0.182. The number of phenolic OH excluding ortho intramolecular Hbond substituents is 1. The third-order valence-corrected chi connectivity index (χ3v) is 8.29. The molecule has 2 aromatic carbocycles. The lowest BCUT2D eigenvalue weighted by atomic mass is 9.56. The number of nitrogens with one attached hydrogen (secondary N) is 1. The molecule has 0 aromatic heterocycles. The van der Waals surface area contributed by atoms with Crippen LogP contribution in [0.3, 0.4) is 0 Å². The minimum absolute atomic E-state index is 0.0733. The molecule has 3 aliphatic carbocycles. The van der Waals surface area contributed by atoms with E-state index in [2.05, 4.69) is 5.32 Å². The predicted octanol–water partition coefficient (Wildman–Crippen LogP) is 0.277. The van der Waals surface area contributed by atoms with E-state index in [1.807, 2.05) is 30.3 Å². The number of Topliss-reactive ketones (excluding diaryl/α,β-unsaturated/α-hetero) is 2. The molecular weight excluding hydrogens is 530 g/mol. The Labute approximate surface area is 236 Å². The molecule has 0 heterocycles. The fraction of sp³-hybridized carbons (Fsp3) is 0.333. The van der Waals surface area contributed by atoms with E-state index in [1.165, 1.54) is 25.4 Å². The number of primary amides is 1. The Kier molecular flexibility index (Phi) is 7.24. The van der Waals surface area contributed by atoms with Crippen molar-refractivity contribution in [1.82, 2.24) is 10.2 Å². The molecule has 8 N–H and O–H groups in total. The highest BCUT2D eigenvalue weighted by Crippen LogP contribution is 2.53. The first kappa shape index (κ1) is 28.5. The lowest BCUT2D eigenvalue weighted by molar-refractivity contribution is -0.167. The number of rotatable bonds is 7. The number of carbonyl (C=O) groups excluding carboxylic acids is 3. The van der Waals surface area contributed by atoms with E-state index in [9.17, 15) is 39.9 Å². The first-order valence-electron chi connectivity index (χ1n) is 13.2. The lowest BCUT2D eigenvalue weighted by Crippen LogP contribution is -2.70. The van der Waals surface area contributed by atoms with Gasteiger partial charge in [0.2, 0.25) is 5.78 Å². The van der Waals surface area contributed by atoms with Crippen LogP contribution in [0.5, 0.6) is 5.75 Å². The minimum atomic E-state index is -2.94. The Morgan fingerprint density at radius 1 is 1.07 bits per heavy atom. The standard InChI is InChI=1S/C30H32N3O8/c1-33(2)22-21-24(35)17-12-15-8-9-16(13-32-11-10-14-6-4-3-5-7-14)23(34)18(15)25(36)19(17)27(38)30(21,41)28(39)20(26(22)37)29(31)40/h3-9,12,17,21-22,24,32,34-36,39,41H,10-11,13H2,1-2H3,(H2,31,40)/t17-,21-,22+,24+,30+/m1/s1. The highest BCUT2D eigenvalue weighted by molar-refractivity contribution is 6.24. The summed E-state index contributed by atoms with van der Waals surface area (Å²) in [5.41, 5.74) is 2.81. The second kappa shape index (κ2) is 10.4. The summed E-state index contributed by atoms with van der Waals surface area (Å²) in [4.78, 5) is 40.5. The molecule has 0 saturated heterocycles. The van der Waals surface area contributed by atoms with Crippen LogP contribution in [0.2, 0.25) is 0 Å². The van der Waals surface area contributed by atoms with Crippen molar-refractivity contribution in [2.24, 2.45) is 17.6 Å². The monoisotopic (exact) mass is 562 g/mol. The van der Waals surface area contributed by atoms with Gasteiger partial charge in [-0.3, -0.25) is 19.3 Å². The zero-order valence-corrected chi connectivity index (χ0v) is 22.5. The van der Waals surface area contributed by atoms with Crippen molar-refractivity contribution in [3.8, 4) is 5.75 Å². The molecule has 0 spiro atoms. The summed E-state index contributed by atoms with van der Waals surface area (Å²) in [6, 6.07) is 11.7. The van der Waals surface area contributed by atoms with Crippen LogP contribution in [-0.2, 0) is 27.3 Å². The Morgan fingerprint density at radius 3 is 2.39 bits per heavy atom. The molecule has 0 unspecified atom stereocenters. The first-order valence-corrected chi connectivity index (χ1v) is 13.2. The van der Waals surface area contributed by atoms with Crippen molar-refractivity contribution in [3.63, 3.8) is 0 Å². The number of likely N-dealkylation sites (N-methyl/N-ethyl adjacent to an activating group) is 1. The van der Waals surface area contributed by atoms with Gasteiger partial charge in [-0.15, -0.1) is 0 Å². The summed E-state index contributed by atoms with van der Waals surface area (Å²) in [6.07, 6.45) is 0.572. The van der Waals surface area contributed by atoms with Gasteiger partial charge in [-0.05, 0) is 38.2 Å². The molecule has 3 aliphatic rings. The van der Waals surface area contributed by atoms with Gasteiger partial charge in [0, 0.05) is 30.0 Å². The molecule has 2 aromatic rings. The maximum absolute atomic E-state index is 13.9. The van der Waals surface area contributed by atoms with Crippen molar-refractivity contribution >= 4 is 23.2 Å². The summed E-state index contributed by atoms with van der Waals surface area (Å²) >= 11 is 0. The van der Waals surface area contributed by atoms with E-state index < -0.39 is 69.7 Å². The number of nitrogens with zero attached hydrogens (tertiary/aromatic N) is 1. The number of aliphatic hydroxyl groups excluding tert-OH is 3. The van der Waals surface area contributed by atoms with Gasteiger partial charge in [0.15, 0.2) is 11.4 Å². The molecule has 1 saturated carbocycles. The molecule has 1 radical (unpaired) electrons. The Morgan fingerprint density at radius 2 is 1.76 bits per heavy atom. The van der Waals surface area contributed by atoms with Crippen LogP contribution < -0.4 is 11.1 Å². The van der Waals surface area contributed by atoms with Gasteiger partial charge in [0.1, 0.15) is 22.8 Å². The van der Waals surface area contributed by atoms with Crippen molar-refractivity contribution < 1.29 is 39.9 Å². The number of carbonyl (C=O) groups is 3. The second-order valence-corrected chi connectivity index (χ2v) is 10.9. The molecular formula is C30H32N3O8. The number of nitrogens with two attached hydrogens (primary N) is 1. The van der Waals surface area contributed by atoms with Crippen LogP contribution in [0.1, 0.15) is 22.3 Å². The fourth-order valence-electron chi connectivity index (χ4n) is 6.30. The van der Waals surface area contributed by atoms with E-state index in [4.69, 9.17) is 5.73 Å². The first-order chi connectivity index (χ1) is 19.4. The van der Waals surface area contributed by atoms with Crippen LogP contribution in [0.4, 0.5) is 0 Å². The zero-order valence-electron chi connectivity index (χ0n) is 22.5. The summed E-state index contributed by atoms with van der Waals surface area (Å²) in [5, 5.41) is 59.8. The van der Waals surface area contributed by atoms with E-state index >= 15 is 0 Å². The molecule has 41 heavy (non-hydrogen) atoms. The number of aromatic hydroxyl groups is 1. The van der Waals surface area contributed by atoms with E-state index in [0.29, 0.717) is 17.7 Å². The Hall–Kier alpha value is -4.03. The number of benzene rings is 2. The van der Waals surface area contributed by atoms with Gasteiger partial charge >= 0.3 is 0 Å². The summed E-state index contributed by atoms with van der Waals surface area (Å²) in [7, 11) is 2.91. The highest BCUT2D eigenvalue weighted by atomic mass is 16.4. The van der Waals surface area contributed by atoms with Crippen LogP contribution in [-0.4, -0.2) is 86.3 Å². The van der Waals surface area contributed by atoms with Crippen LogP contribution in [0.15, 0.2) is 59.4 Å². The Balaban J connectivity index is 1.53. The molecule has 5 rings (SSSR count). The highest BCUT2D eigenvalue weighted by Gasteiger charge is 2.67. The van der Waals surface area contributed by atoms with Crippen molar-refractivity contribution in [2.75, 3.05) is 20.6 Å². The molecule has 11 heteroatoms. The summed E-state index contributed by atoms with van der Waals surface area (Å²) in [6.45, 7) is 0.860. The number of aliphatic hydroxyl groups is 4. The average molecular weight is 563 g/mol. The van der Waals surface area contributed by atoms with Crippen molar-refractivity contribution in [2.45, 2.75) is 30.7 Å². The number of hydrogen-bond donors (Lipinski definition) is 7. The normalized spacial score (nSPS) is 27.5. The van der Waals surface area contributed by atoms with Gasteiger partial charge in [0.25, 0.3) is 5.91 Å². The SMILES string of the molecule is CN(C)[C@@H]1C(=O)C(C(N)=O)=C(O)[C@@]2(O)C(=O)C3=C(O)c4c(ccc(CNCCc5ccccc5)c4O)[CH][C@H]3[C@H](O)[C@@H]12. The molecule has 1 fully saturated rings. The van der Waals surface area contributed by atoms with Gasteiger partial charge in [-0.25, -0.2) is 0 Å². The molecule has 11 nitrogen and oxygen atoms in total. The number of fused-ring (bicyclic) bond motifs is 3. The number of phenols is 1. The largest absolute Gasteiger partial charge is 0.508 e. The lowest BCUT2D eigenvalue weighted by Gasteiger charge is -2.52. The minimum Gasteiger partial charge on any atom is -0.508 e. The molecule has 215 valence electrons. The fourth-order valence-corrected chi connectivity index (χ4v) is 6.30. The molecule has 5 atom stereocenters. The van der Waals surface area contributed by atoms with Gasteiger partial charge in [0.05, 0.1) is 23.6 Å². The van der Waals surface area contributed by atoms with Crippen LogP contribution in [0.25, 0.3) is 5.76 Å². The topological polar surface area (TPSA) is 194 Å². The van der Waals surface area contributed by atoms with E-state index in [0.717, 1.165) is 12.0 Å². The van der Waals surface area contributed by atoms with Crippen LogP contribution in [0, 0.1) is 18.3 Å². The van der Waals surface area contributed by atoms with Gasteiger partial charge < -0.3 is 36.6 Å². The maximum atomic E-state index is 13.9. The van der Waals surface area contributed by atoms with E-state index in [-0.39, 0.29) is 17.9 Å². The molecule has 0 aliphatic heterocycles. The predicted molar refractivity (Wildman–Crippen MR) is 147 cm³/mol. The number of amides is 1. The smallest absolute Gasteiger partial charge is 0.255 e. The number of hydrogen-bond acceptors (Lipinski definition) is 10. The molecule has 1 amide bonds. The zero-order chi connectivity index (χ0) is 29.8. The Bertz CT molecular complexity index is 1500. The molecule has 0 bridgehead atoms. The second-order valence-electron chi connectivity index (χ2n) is 10.9. The third-order valence-electron chi connectivity index (χ3n) is 8.29. The summed E-state index contributed by atoms with van der Waals surface area (Å²) in [5.74, 6) is -8.54. The van der Waals surface area contributed by atoms with Gasteiger partial charge in [-0.2, -0.15) is 0 Å². The van der Waals surface area contributed by atoms with Crippen LogP contribution >= 0.6 is 0 Å². The van der Waals surface area contributed by atoms with Crippen molar-refractivity contribution in [1.29, 1.82) is 0 Å². The van der Waals surface area contributed by atoms with Crippen molar-refractivity contribution in [3.05, 3.63) is 88.0 Å². The average Bonchev–Trinajstić information content (AvgIpc) is 2.92.